The van der Waals surface area contributed by atoms with Gasteiger partial charge in [0.2, 0.25) is 0 Å². The maximum atomic E-state index is 12.2. The van der Waals surface area contributed by atoms with Gasteiger partial charge in [0.25, 0.3) is 0 Å². The Morgan fingerprint density at radius 2 is 2.16 bits per heavy atom. The number of nitrogens with zero attached hydrogens (tertiary/aromatic N) is 2. The van der Waals surface area contributed by atoms with Crippen molar-refractivity contribution in [3.8, 4) is 0 Å². The molecule has 0 aliphatic rings. The monoisotopic (exact) mass is 324 g/mol. The Hall–Kier alpha value is -1.36. The topological polar surface area (TPSA) is 44.1 Å². The van der Waals surface area contributed by atoms with Crippen LogP contribution in [-0.4, -0.2) is 21.2 Å². The van der Waals surface area contributed by atoms with Crippen LogP contribution in [0.15, 0.2) is 18.5 Å². The van der Waals surface area contributed by atoms with E-state index in [1.165, 1.54) is 4.57 Å². The van der Waals surface area contributed by atoms with Gasteiger partial charge in [-0.2, -0.15) is 0 Å². The van der Waals surface area contributed by atoms with Crippen LogP contribution in [0.4, 0.5) is 4.79 Å². The molecule has 5 heteroatoms. The Labute approximate surface area is 120 Å². The number of fused-ring (bicyclic) bond motifs is 1. The largest absolute Gasteiger partial charge is 0.443 e. The molecule has 0 aliphatic heterocycles. The number of aryl methyl sites for hydroxylation is 1. The van der Waals surface area contributed by atoms with E-state index in [-0.39, 0.29) is 0 Å². The lowest BCUT2D eigenvalue weighted by atomic mass is 10.1. The van der Waals surface area contributed by atoms with Crippen molar-refractivity contribution in [3.05, 3.63) is 29.6 Å². The van der Waals surface area contributed by atoms with Gasteiger partial charge in [0.15, 0.2) is 0 Å². The molecule has 0 unspecified atom stereocenters. The number of carbonyl (C=O) groups is 1. The molecule has 0 spiro atoms. The lowest BCUT2D eigenvalue weighted by Crippen LogP contribution is -2.26. The second-order valence-electron chi connectivity index (χ2n) is 5.46. The molecule has 0 saturated carbocycles. The van der Waals surface area contributed by atoms with Gasteiger partial charge in [-0.3, -0.25) is 0 Å². The second-order valence-corrected chi connectivity index (χ2v) is 6.03. The van der Waals surface area contributed by atoms with Crippen molar-refractivity contribution in [2.24, 2.45) is 0 Å². The number of hydrogen-bond donors (Lipinski definition) is 0. The lowest BCUT2D eigenvalue weighted by Gasteiger charge is -2.19. The van der Waals surface area contributed by atoms with Crippen molar-refractivity contribution in [3.63, 3.8) is 0 Å². The molecule has 2 rings (SSSR count). The minimum absolute atomic E-state index is 0.398. The molecular formula is C14H17BrN2O2. The fraction of sp³-hybridized carbons (Fsp3) is 0.429. The minimum Gasteiger partial charge on any atom is -0.443 e. The Kier molecular flexibility index (Phi) is 3.67. The van der Waals surface area contributed by atoms with E-state index in [0.717, 1.165) is 21.8 Å². The van der Waals surface area contributed by atoms with Crippen LogP contribution in [0.5, 0.6) is 0 Å². The Balaban J connectivity index is 2.54. The van der Waals surface area contributed by atoms with Crippen LogP contribution in [0.2, 0.25) is 0 Å². The van der Waals surface area contributed by atoms with Crippen LogP contribution in [0.3, 0.4) is 0 Å². The number of rotatable bonds is 1. The van der Waals surface area contributed by atoms with Crippen LogP contribution in [-0.2, 0) is 10.1 Å². The third kappa shape index (κ3) is 2.81. The Bertz CT molecular complexity index is 626. The van der Waals surface area contributed by atoms with Crippen LogP contribution in [0, 0.1) is 6.92 Å². The summed E-state index contributed by atoms with van der Waals surface area (Å²) in [7, 11) is 0. The predicted molar refractivity (Wildman–Crippen MR) is 78.7 cm³/mol. The van der Waals surface area contributed by atoms with E-state index in [9.17, 15) is 4.79 Å². The molecule has 0 saturated heterocycles. The van der Waals surface area contributed by atoms with Crippen LogP contribution in [0.1, 0.15) is 31.9 Å². The zero-order chi connectivity index (χ0) is 14.2. The molecule has 2 aromatic heterocycles. The van der Waals surface area contributed by atoms with Gasteiger partial charge in [-0.05, 0) is 44.9 Å². The first-order chi connectivity index (χ1) is 8.83. The number of pyridine rings is 1. The Morgan fingerprint density at radius 1 is 1.47 bits per heavy atom. The standard InChI is InChI=1S/C14H17BrN2O2/c1-9-8-17(13(18)19-14(2,3)4)12-11(9)10(7-15)5-6-16-12/h5-6,8H,7H2,1-4H3. The molecule has 0 fully saturated rings. The van der Waals surface area contributed by atoms with E-state index in [0.29, 0.717) is 5.65 Å². The molecule has 0 aromatic carbocycles. The summed E-state index contributed by atoms with van der Waals surface area (Å²) in [5.41, 5.74) is 2.26. The SMILES string of the molecule is Cc1cn(C(=O)OC(C)(C)C)c2nccc(CBr)c12. The van der Waals surface area contributed by atoms with Crippen LogP contribution >= 0.6 is 15.9 Å². The summed E-state index contributed by atoms with van der Waals surface area (Å²) in [6.45, 7) is 7.51. The third-order valence-corrected chi connectivity index (χ3v) is 3.30. The highest BCUT2D eigenvalue weighted by molar-refractivity contribution is 9.08. The molecule has 0 radical (unpaired) electrons. The quantitative estimate of drug-likeness (QED) is 0.744. The highest BCUT2D eigenvalue weighted by atomic mass is 79.9. The van der Waals surface area contributed by atoms with E-state index < -0.39 is 11.7 Å². The van der Waals surface area contributed by atoms with Gasteiger partial charge < -0.3 is 4.74 Å². The van der Waals surface area contributed by atoms with Gasteiger partial charge >= 0.3 is 6.09 Å². The third-order valence-electron chi connectivity index (χ3n) is 2.70. The summed E-state index contributed by atoms with van der Waals surface area (Å²) < 4.78 is 6.87. The van der Waals surface area contributed by atoms with Crippen molar-refractivity contribution in [1.29, 1.82) is 0 Å². The zero-order valence-electron chi connectivity index (χ0n) is 11.5. The summed E-state index contributed by atoms with van der Waals surface area (Å²) in [5.74, 6) is 0. The second kappa shape index (κ2) is 4.96. The fourth-order valence-electron chi connectivity index (χ4n) is 1.98. The summed E-state index contributed by atoms with van der Waals surface area (Å²) in [6, 6.07) is 1.95. The number of hydrogen-bond acceptors (Lipinski definition) is 3. The summed E-state index contributed by atoms with van der Waals surface area (Å²) in [6.07, 6.45) is 3.08. The van der Waals surface area contributed by atoms with E-state index >= 15 is 0 Å². The normalized spacial score (nSPS) is 11.8. The molecule has 4 nitrogen and oxygen atoms in total. The highest BCUT2D eigenvalue weighted by Crippen LogP contribution is 2.25. The molecule has 2 heterocycles. The summed E-state index contributed by atoms with van der Waals surface area (Å²) in [4.78, 5) is 16.5. The number of halogens is 1. The number of carbonyl (C=O) groups excluding carboxylic acids is 1. The molecule has 2 aromatic rings. The van der Waals surface area contributed by atoms with Crippen molar-refractivity contribution in [2.75, 3.05) is 0 Å². The molecular weight excluding hydrogens is 308 g/mol. The molecule has 0 aliphatic carbocycles. The number of alkyl halides is 1. The van der Waals surface area contributed by atoms with E-state index in [1.54, 1.807) is 12.4 Å². The highest BCUT2D eigenvalue weighted by Gasteiger charge is 2.21. The summed E-state index contributed by atoms with van der Waals surface area (Å²) >= 11 is 3.45. The van der Waals surface area contributed by atoms with Crippen molar-refractivity contribution >= 4 is 33.1 Å². The first kappa shape index (κ1) is 14.1. The van der Waals surface area contributed by atoms with Crippen molar-refractivity contribution in [2.45, 2.75) is 38.6 Å². The van der Waals surface area contributed by atoms with Crippen LogP contribution < -0.4 is 0 Å². The van der Waals surface area contributed by atoms with Gasteiger partial charge in [-0.15, -0.1) is 0 Å². The van der Waals surface area contributed by atoms with Gasteiger partial charge in [0.1, 0.15) is 11.2 Å². The molecule has 0 amide bonds. The van der Waals surface area contributed by atoms with E-state index in [2.05, 4.69) is 20.9 Å². The summed E-state index contributed by atoms with van der Waals surface area (Å²) in [5, 5.41) is 1.73. The van der Waals surface area contributed by atoms with Crippen molar-refractivity contribution in [1.82, 2.24) is 9.55 Å². The maximum Gasteiger partial charge on any atom is 0.420 e. The molecule has 19 heavy (non-hydrogen) atoms. The molecule has 0 atom stereocenters. The number of aromatic nitrogens is 2. The molecule has 102 valence electrons. The molecule has 0 N–H and O–H groups in total. The average molecular weight is 325 g/mol. The van der Waals surface area contributed by atoms with Gasteiger partial charge in [-0.1, -0.05) is 15.9 Å². The van der Waals surface area contributed by atoms with E-state index in [4.69, 9.17) is 4.74 Å². The smallest absolute Gasteiger partial charge is 0.420 e. The average Bonchev–Trinajstić information content (AvgIpc) is 2.65. The maximum absolute atomic E-state index is 12.2. The van der Waals surface area contributed by atoms with Crippen LogP contribution in [0.25, 0.3) is 11.0 Å². The lowest BCUT2D eigenvalue weighted by molar-refractivity contribution is 0.0543. The minimum atomic E-state index is -0.519. The zero-order valence-corrected chi connectivity index (χ0v) is 13.1. The first-order valence-electron chi connectivity index (χ1n) is 6.08. The predicted octanol–water partition coefficient (Wildman–Crippen LogP) is 4.02. The fourth-order valence-corrected chi connectivity index (χ4v) is 2.45. The molecule has 0 bridgehead atoms. The van der Waals surface area contributed by atoms with Gasteiger partial charge in [0.05, 0.1) is 0 Å². The van der Waals surface area contributed by atoms with Crippen molar-refractivity contribution < 1.29 is 9.53 Å². The van der Waals surface area contributed by atoms with E-state index in [1.807, 2.05) is 33.8 Å². The first-order valence-corrected chi connectivity index (χ1v) is 7.20. The van der Waals surface area contributed by atoms with Gasteiger partial charge in [-0.25, -0.2) is 14.3 Å². The Morgan fingerprint density at radius 3 is 2.74 bits per heavy atom. The van der Waals surface area contributed by atoms with Gasteiger partial charge in [0, 0.05) is 23.1 Å². The number of ether oxygens (including phenoxy) is 1.